The van der Waals surface area contributed by atoms with E-state index in [1.165, 1.54) is 0 Å². The standard InChI is InChI=1S/C11H21NO/c1-8(2)7-9(3)10(13)12-11(4,5)6/h7-8H,1-6H3,(H,12,13)/b9-7+. The highest BCUT2D eigenvalue weighted by Crippen LogP contribution is 2.05. The monoisotopic (exact) mass is 183 g/mol. The van der Waals surface area contributed by atoms with E-state index in [2.05, 4.69) is 19.2 Å². The van der Waals surface area contributed by atoms with E-state index in [1.807, 2.05) is 33.8 Å². The summed E-state index contributed by atoms with van der Waals surface area (Å²) in [5.41, 5.74) is 0.647. The van der Waals surface area contributed by atoms with Crippen molar-refractivity contribution in [2.45, 2.75) is 47.1 Å². The van der Waals surface area contributed by atoms with E-state index in [9.17, 15) is 4.79 Å². The Hall–Kier alpha value is -0.790. The fourth-order valence-corrected chi connectivity index (χ4v) is 1.01. The molecule has 0 aromatic heterocycles. The lowest BCUT2D eigenvalue weighted by molar-refractivity contribution is -0.118. The lowest BCUT2D eigenvalue weighted by atomic mass is 10.1. The summed E-state index contributed by atoms with van der Waals surface area (Å²) in [5, 5.41) is 2.92. The average molecular weight is 183 g/mol. The number of amides is 1. The van der Waals surface area contributed by atoms with Gasteiger partial charge in [-0.2, -0.15) is 0 Å². The van der Waals surface area contributed by atoms with Crippen LogP contribution >= 0.6 is 0 Å². The Bertz CT molecular complexity index is 209. The van der Waals surface area contributed by atoms with Crippen LogP contribution in [0.2, 0.25) is 0 Å². The van der Waals surface area contributed by atoms with Gasteiger partial charge in [0, 0.05) is 11.1 Å². The van der Waals surface area contributed by atoms with Crippen LogP contribution < -0.4 is 5.32 Å². The normalized spacial score (nSPS) is 13.3. The molecule has 76 valence electrons. The van der Waals surface area contributed by atoms with E-state index in [0.717, 1.165) is 5.57 Å². The number of carbonyl (C=O) groups is 1. The van der Waals surface area contributed by atoms with Crippen molar-refractivity contribution < 1.29 is 4.79 Å². The zero-order chi connectivity index (χ0) is 10.6. The van der Waals surface area contributed by atoms with Crippen LogP contribution in [0.4, 0.5) is 0 Å². The van der Waals surface area contributed by atoms with Gasteiger partial charge in [0.2, 0.25) is 5.91 Å². The van der Waals surface area contributed by atoms with E-state index in [1.54, 1.807) is 0 Å². The molecule has 0 saturated heterocycles. The van der Waals surface area contributed by atoms with Gasteiger partial charge in [-0.1, -0.05) is 19.9 Å². The minimum atomic E-state index is -0.150. The topological polar surface area (TPSA) is 29.1 Å². The zero-order valence-electron chi connectivity index (χ0n) is 9.56. The fourth-order valence-electron chi connectivity index (χ4n) is 1.01. The number of nitrogens with one attached hydrogen (secondary N) is 1. The van der Waals surface area contributed by atoms with Gasteiger partial charge in [0.25, 0.3) is 0 Å². The molecule has 0 aliphatic carbocycles. The van der Waals surface area contributed by atoms with Gasteiger partial charge in [-0.3, -0.25) is 4.79 Å². The van der Waals surface area contributed by atoms with E-state index >= 15 is 0 Å². The average Bonchev–Trinajstić information content (AvgIpc) is 1.81. The summed E-state index contributed by atoms with van der Waals surface area (Å²) in [7, 11) is 0. The molecular formula is C11H21NO. The van der Waals surface area contributed by atoms with E-state index in [4.69, 9.17) is 0 Å². The van der Waals surface area contributed by atoms with Crippen molar-refractivity contribution in [3.05, 3.63) is 11.6 Å². The summed E-state index contributed by atoms with van der Waals surface area (Å²) in [6.07, 6.45) is 1.97. The van der Waals surface area contributed by atoms with Crippen molar-refractivity contribution in [1.29, 1.82) is 0 Å². The lowest BCUT2D eigenvalue weighted by Gasteiger charge is -2.20. The van der Waals surface area contributed by atoms with Crippen LogP contribution in [-0.4, -0.2) is 11.4 Å². The minimum Gasteiger partial charge on any atom is -0.348 e. The number of allylic oxidation sites excluding steroid dienone is 1. The quantitative estimate of drug-likeness (QED) is 0.655. The predicted molar refractivity (Wildman–Crippen MR) is 56.5 cm³/mol. The number of hydrogen-bond donors (Lipinski definition) is 1. The first kappa shape index (κ1) is 12.2. The second-order valence-electron chi connectivity index (χ2n) is 4.80. The van der Waals surface area contributed by atoms with Crippen LogP contribution in [0.5, 0.6) is 0 Å². The SMILES string of the molecule is C/C(=C\C(C)C)C(=O)NC(C)(C)C. The zero-order valence-corrected chi connectivity index (χ0v) is 9.56. The van der Waals surface area contributed by atoms with E-state index in [0.29, 0.717) is 5.92 Å². The van der Waals surface area contributed by atoms with Crippen molar-refractivity contribution in [2.75, 3.05) is 0 Å². The Kier molecular flexibility index (Phi) is 4.18. The molecule has 0 heterocycles. The Labute approximate surface area is 81.4 Å². The molecule has 0 fully saturated rings. The first-order valence-electron chi connectivity index (χ1n) is 4.73. The second-order valence-corrected chi connectivity index (χ2v) is 4.80. The van der Waals surface area contributed by atoms with Crippen LogP contribution in [0.3, 0.4) is 0 Å². The van der Waals surface area contributed by atoms with Gasteiger partial charge in [0.05, 0.1) is 0 Å². The maximum absolute atomic E-state index is 11.5. The van der Waals surface area contributed by atoms with Crippen LogP contribution in [0, 0.1) is 5.92 Å². The van der Waals surface area contributed by atoms with Crippen LogP contribution in [-0.2, 0) is 4.79 Å². The molecule has 0 atom stereocenters. The molecule has 0 aromatic rings. The van der Waals surface area contributed by atoms with Crippen molar-refractivity contribution in [1.82, 2.24) is 5.32 Å². The molecule has 0 radical (unpaired) electrons. The van der Waals surface area contributed by atoms with Crippen molar-refractivity contribution >= 4 is 5.91 Å². The number of rotatable bonds is 2. The summed E-state index contributed by atoms with van der Waals surface area (Å²) in [6.45, 7) is 11.9. The highest BCUT2D eigenvalue weighted by Gasteiger charge is 2.14. The molecule has 0 aromatic carbocycles. The molecule has 2 heteroatoms. The number of carbonyl (C=O) groups excluding carboxylic acids is 1. The van der Waals surface area contributed by atoms with Crippen LogP contribution in [0.15, 0.2) is 11.6 Å². The summed E-state index contributed by atoms with van der Waals surface area (Å²) < 4.78 is 0. The molecule has 13 heavy (non-hydrogen) atoms. The molecule has 1 N–H and O–H groups in total. The molecule has 0 aliphatic rings. The summed E-state index contributed by atoms with van der Waals surface area (Å²) in [4.78, 5) is 11.5. The van der Waals surface area contributed by atoms with Gasteiger partial charge >= 0.3 is 0 Å². The van der Waals surface area contributed by atoms with E-state index in [-0.39, 0.29) is 11.4 Å². The molecular weight excluding hydrogens is 162 g/mol. The Morgan fingerprint density at radius 1 is 1.31 bits per heavy atom. The third-order valence-electron chi connectivity index (χ3n) is 1.43. The second kappa shape index (κ2) is 4.45. The Morgan fingerprint density at radius 3 is 2.08 bits per heavy atom. The van der Waals surface area contributed by atoms with Gasteiger partial charge in [-0.15, -0.1) is 0 Å². The van der Waals surface area contributed by atoms with Crippen LogP contribution in [0.25, 0.3) is 0 Å². The smallest absolute Gasteiger partial charge is 0.247 e. The molecule has 0 unspecified atom stereocenters. The Morgan fingerprint density at radius 2 is 1.77 bits per heavy atom. The third kappa shape index (κ3) is 6.38. The first-order valence-corrected chi connectivity index (χ1v) is 4.73. The number of hydrogen-bond acceptors (Lipinski definition) is 1. The maximum Gasteiger partial charge on any atom is 0.247 e. The minimum absolute atomic E-state index is 0.0289. The molecule has 0 bridgehead atoms. The fraction of sp³-hybridized carbons (Fsp3) is 0.727. The molecule has 0 aliphatic heterocycles. The van der Waals surface area contributed by atoms with Crippen molar-refractivity contribution in [3.63, 3.8) is 0 Å². The molecule has 1 amide bonds. The van der Waals surface area contributed by atoms with E-state index < -0.39 is 0 Å². The third-order valence-corrected chi connectivity index (χ3v) is 1.43. The summed E-state index contributed by atoms with van der Waals surface area (Å²) >= 11 is 0. The van der Waals surface area contributed by atoms with Crippen molar-refractivity contribution in [2.24, 2.45) is 5.92 Å². The van der Waals surface area contributed by atoms with Gasteiger partial charge < -0.3 is 5.32 Å². The van der Waals surface area contributed by atoms with Gasteiger partial charge in [-0.25, -0.2) is 0 Å². The van der Waals surface area contributed by atoms with Crippen molar-refractivity contribution in [3.8, 4) is 0 Å². The predicted octanol–water partition coefficient (Wildman–Crippen LogP) is 2.50. The first-order chi connectivity index (χ1) is 5.72. The summed E-state index contributed by atoms with van der Waals surface area (Å²) in [5.74, 6) is 0.451. The molecule has 0 rings (SSSR count). The molecule has 0 saturated carbocycles. The molecule has 2 nitrogen and oxygen atoms in total. The Balaban J connectivity index is 4.29. The highest BCUT2D eigenvalue weighted by atomic mass is 16.1. The lowest BCUT2D eigenvalue weighted by Crippen LogP contribution is -2.41. The summed E-state index contributed by atoms with van der Waals surface area (Å²) in [6, 6.07) is 0. The van der Waals surface area contributed by atoms with Gasteiger partial charge in [-0.05, 0) is 33.6 Å². The highest BCUT2D eigenvalue weighted by molar-refractivity contribution is 5.93. The van der Waals surface area contributed by atoms with Gasteiger partial charge in [0.1, 0.15) is 0 Å². The van der Waals surface area contributed by atoms with Crippen LogP contribution in [0.1, 0.15) is 41.5 Å². The maximum atomic E-state index is 11.5. The largest absolute Gasteiger partial charge is 0.348 e. The molecule has 0 spiro atoms. The van der Waals surface area contributed by atoms with Gasteiger partial charge in [0.15, 0.2) is 0 Å².